The van der Waals surface area contributed by atoms with Gasteiger partial charge in [-0.05, 0) is 43.9 Å². The number of rotatable bonds is 8. The molecule has 3 aromatic rings. The summed E-state index contributed by atoms with van der Waals surface area (Å²) in [5.74, 6) is 0.366. The molecule has 1 aromatic carbocycles. The highest BCUT2D eigenvalue weighted by Gasteiger charge is 2.26. The number of nitrogens with two attached hydrogens (primary N) is 1. The lowest BCUT2D eigenvalue weighted by Crippen LogP contribution is -2.15. The summed E-state index contributed by atoms with van der Waals surface area (Å²) >= 11 is 0. The van der Waals surface area contributed by atoms with Crippen LogP contribution in [0.25, 0.3) is 11.5 Å². The quantitative estimate of drug-likeness (QED) is 0.595. The molecule has 1 aliphatic carbocycles. The molecule has 1 unspecified atom stereocenters. The lowest BCUT2D eigenvalue weighted by atomic mass is 10.2. The number of hydrogen-bond donors (Lipinski definition) is 1. The molecule has 1 aliphatic rings. The first kappa shape index (κ1) is 20.0. The van der Waals surface area contributed by atoms with Crippen LogP contribution in [-0.4, -0.2) is 33.7 Å². The van der Waals surface area contributed by atoms with Gasteiger partial charge in [-0.15, -0.1) is 0 Å². The summed E-state index contributed by atoms with van der Waals surface area (Å²) < 4.78 is 42.7. The molecule has 0 radical (unpaired) electrons. The average Bonchev–Trinajstić information content (AvgIpc) is 3.19. The van der Waals surface area contributed by atoms with Gasteiger partial charge in [-0.3, -0.25) is 9.36 Å². The Bertz CT molecular complexity index is 1030. The van der Waals surface area contributed by atoms with Crippen LogP contribution in [0.1, 0.15) is 42.1 Å². The third-order valence-corrected chi connectivity index (χ3v) is 4.59. The van der Waals surface area contributed by atoms with Crippen molar-refractivity contribution in [3.8, 4) is 23.0 Å². The maximum absolute atomic E-state index is 12.7. The van der Waals surface area contributed by atoms with Crippen LogP contribution in [0.4, 0.5) is 8.78 Å². The molecular formula is C20H20F2N4O4. The monoisotopic (exact) mass is 418 g/mol. The molecule has 1 atom stereocenters. The molecule has 0 aliphatic heterocycles. The number of alkyl halides is 2. The smallest absolute Gasteiger partial charge is 0.387 e. The van der Waals surface area contributed by atoms with E-state index in [0.29, 0.717) is 18.1 Å². The van der Waals surface area contributed by atoms with E-state index in [9.17, 15) is 13.6 Å². The van der Waals surface area contributed by atoms with Gasteiger partial charge in [-0.25, -0.2) is 9.97 Å². The fraction of sp³-hybridized carbons (Fsp3) is 0.350. The Kier molecular flexibility index (Phi) is 5.49. The predicted octanol–water partition coefficient (Wildman–Crippen LogP) is 3.64. The Morgan fingerprint density at radius 1 is 1.37 bits per heavy atom. The Balaban J connectivity index is 1.69. The molecule has 30 heavy (non-hydrogen) atoms. The lowest BCUT2D eigenvalue weighted by Gasteiger charge is -2.12. The van der Waals surface area contributed by atoms with Crippen molar-refractivity contribution in [2.24, 2.45) is 11.7 Å². The van der Waals surface area contributed by atoms with Crippen molar-refractivity contribution in [1.82, 2.24) is 14.5 Å². The van der Waals surface area contributed by atoms with E-state index in [-0.39, 0.29) is 28.8 Å². The van der Waals surface area contributed by atoms with Crippen LogP contribution in [0.2, 0.25) is 0 Å². The highest BCUT2D eigenvalue weighted by atomic mass is 19.3. The van der Waals surface area contributed by atoms with Gasteiger partial charge >= 0.3 is 6.61 Å². The van der Waals surface area contributed by atoms with Crippen LogP contribution in [0.15, 0.2) is 41.3 Å². The number of ether oxygens (including phenoxy) is 2. The normalized spacial score (nSPS) is 14.7. The minimum absolute atomic E-state index is 0.0476. The van der Waals surface area contributed by atoms with E-state index in [1.807, 2.05) is 0 Å². The fourth-order valence-electron chi connectivity index (χ4n) is 2.86. The van der Waals surface area contributed by atoms with Crippen molar-refractivity contribution < 1.29 is 27.5 Å². The number of carbonyl (C=O) groups is 1. The largest absolute Gasteiger partial charge is 0.489 e. The van der Waals surface area contributed by atoms with Gasteiger partial charge in [0.1, 0.15) is 6.33 Å². The molecule has 10 heteroatoms. The van der Waals surface area contributed by atoms with Crippen LogP contribution < -0.4 is 15.2 Å². The van der Waals surface area contributed by atoms with E-state index in [2.05, 4.69) is 14.7 Å². The number of halogens is 2. The van der Waals surface area contributed by atoms with Gasteiger partial charge in [0.05, 0.1) is 12.6 Å². The highest BCUT2D eigenvalue weighted by molar-refractivity contribution is 5.95. The number of benzene rings is 1. The van der Waals surface area contributed by atoms with Crippen molar-refractivity contribution in [3.05, 3.63) is 48.4 Å². The molecule has 4 rings (SSSR count). The second kappa shape index (κ2) is 8.23. The second-order valence-electron chi connectivity index (χ2n) is 7.09. The van der Waals surface area contributed by atoms with Gasteiger partial charge in [0.25, 0.3) is 5.91 Å². The molecule has 158 valence electrons. The standard InChI is InChI=1S/C20H20F2N4O4/c1-11(23)17-16(19(27)26-7-6-24-10-26)25-18(30-17)13-4-5-14(29-20(21)22)15(8-13)28-9-12-2-3-12/h4-8,10-12,20H,2-3,9,23H2,1H3. The van der Waals surface area contributed by atoms with E-state index < -0.39 is 18.6 Å². The number of hydrogen-bond acceptors (Lipinski definition) is 7. The van der Waals surface area contributed by atoms with Crippen molar-refractivity contribution in [2.75, 3.05) is 6.61 Å². The summed E-state index contributed by atoms with van der Waals surface area (Å²) in [5, 5.41) is 0. The molecule has 0 saturated heterocycles. The summed E-state index contributed by atoms with van der Waals surface area (Å²) in [6.45, 7) is -0.909. The van der Waals surface area contributed by atoms with Gasteiger partial charge in [0, 0.05) is 18.0 Å². The van der Waals surface area contributed by atoms with Gasteiger partial charge < -0.3 is 19.6 Å². The number of imidazole rings is 1. The van der Waals surface area contributed by atoms with Crippen molar-refractivity contribution in [2.45, 2.75) is 32.4 Å². The molecule has 2 aromatic heterocycles. The summed E-state index contributed by atoms with van der Waals surface area (Å²) in [7, 11) is 0. The Morgan fingerprint density at radius 2 is 2.17 bits per heavy atom. The zero-order valence-corrected chi connectivity index (χ0v) is 16.1. The number of aromatic nitrogens is 3. The molecule has 2 N–H and O–H groups in total. The average molecular weight is 418 g/mol. The molecule has 0 spiro atoms. The van der Waals surface area contributed by atoms with Crippen molar-refractivity contribution >= 4 is 5.91 Å². The Hall–Kier alpha value is -3.27. The van der Waals surface area contributed by atoms with Crippen molar-refractivity contribution in [3.63, 3.8) is 0 Å². The molecular weight excluding hydrogens is 398 g/mol. The van der Waals surface area contributed by atoms with Gasteiger partial charge in [-0.1, -0.05) is 0 Å². The Morgan fingerprint density at radius 3 is 2.80 bits per heavy atom. The first-order valence-corrected chi connectivity index (χ1v) is 9.43. The van der Waals surface area contributed by atoms with E-state index in [4.69, 9.17) is 14.9 Å². The van der Waals surface area contributed by atoms with E-state index in [1.54, 1.807) is 6.92 Å². The maximum Gasteiger partial charge on any atom is 0.387 e. The third kappa shape index (κ3) is 4.33. The molecule has 0 amide bonds. The van der Waals surface area contributed by atoms with Gasteiger partial charge in [0.15, 0.2) is 23.0 Å². The Labute approximate surface area is 170 Å². The van der Waals surface area contributed by atoms with Crippen LogP contribution in [0, 0.1) is 5.92 Å². The minimum atomic E-state index is -2.98. The second-order valence-corrected chi connectivity index (χ2v) is 7.09. The van der Waals surface area contributed by atoms with Gasteiger partial charge in [0.2, 0.25) is 5.89 Å². The number of oxazole rings is 1. The zero-order chi connectivity index (χ0) is 21.3. The summed E-state index contributed by atoms with van der Waals surface area (Å²) in [6, 6.07) is 3.77. The first-order chi connectivity index (χ1) is 14.4. The summed E-state index contributed by atoms with van der Waals surface area (Å²) in [6.07, 6.45) is 6.39. The first-order valence-electron chi connectivity index (χ1n) is 9.43. The maximum atomic E-state index is 12.7. The van der Waals surface area contributed by atoms with Crippen LogP contribution >= 0.6 is 0 Å². The van der Waals surface area contributed by atoms with Gasteiger partial charge in [-0.2, -0.15) is 8.78 Å². The highest BCUT2D eigenvalue weighted by Crippen LogP contribution is 2.37. The molecule has 8 nitrogen and oxygen atoms in total. The predicted molar refractivity (Wildman–Crippen MR) is 101 cm³/mol. The van der Waals surface area contributed by atoms with E-state index >= 15 is 0 Å². The molecule has 1 fully saturated rings. The molecule has 1 saturated carbocycles. The van der Waals surface area contributed by atoms with E-state index in [1.165, 1.54) is 41.5 Å². The van der Waals surface area contributed by atoms with Crippen LogP contribution in [-0.2, 0) is 0 Å². The topological polar surface area (TPSA) is 105 Å². The van der Waals surface area contributed by atoms with Crippen molar-refractivity contribution in [1.29, 1.82) is 0 Å². The fourth-order valence-corrected chi connectivity index (χ4v) is 2.86. The zero-order valence-electron chi connectivity index (χ0n) is 16.1. The van der Waals surface area contributed by atoms with Crippen LogP contribution in [0.5, 0.6) is 11.5 Å². The summed E-state index contributed by atoms with van der Waals surface area (Å²) in [5.41, 5.74) is 6.44. The van der Waals surface area contributed by atoms with Crippen LogP contribution in [0.3, 0.4) is 0 Å². The summed E-state index contributed by atoms with van der Waals surface area (Å²) in [4.78, 5) is 20.9. The molecule has 2 heterocycles. The number of nitrogens with zero attached hydrogens (tertiary/aromatic N) is 3. The number of carbonyl (C=O) groups excluding carboxylic acids is 1. The lowest BCUT2D eigenvalue weighted by molar-refractivity contribution is -0.0515. The third-order valence-electron chi connectivity index (χ3n) is 4.59. The van der Waals surface area contributed by atoms with E-state index in [0.717, 1.165) is 12.8 Å². The minimum Gasteiger partial charge on any atom is -0.489 e. The molecule has 0 bridgehead atoms. The SMILES string of the molecule is CC(N)c1oc(-c2ccc(OC(F)F)c(OCC3CC3)c2)nc1C(=O)n1ccnc1.